The molecule has 2 aromatic heterocycles. The Morgan fingerprint density at radius 3 is 2.76 bits per heavy atom. The molecule has 5 rings (SSSR count). The van der Waals surface area contributed by atoms with Crippen molar-refractivity contribution in [3.8, 4) is 0 Å². The van der Waals surface area contributed by atoms with Crippen LogP contribution in [0.15, 0.2) is 23.5 Å². The van der Waals surface area contributed by atoms with Crippen LogP contribution in [0.4, 0.5) is 13.2 Å². The van der Waals surface area contributed by atoms with Crippen molar-refractivity contribution in [2.75, 3.05) is 38.6 Å². The first-order valence-electron chi connectivity index (χ1n) is 11.7. The summed E-state index contributed by atoms with van der Waals surface area (Å²) in [5.41, 5.74) is 0.369. The van der Waals surface area contributed by atoms with Gasteiger partial charge >= 0.3 is 6.18 Å². The topological polar surface area (TPSA) is 56.1 Å². The third kappa shape index (κ3) is 4.93. The minimum Gasteiger partial charge on any atom is -0.381 e. The smallest absolute Gasteiger partial charge is 0.381 e. The SMILES string of the molecule is Cn1c(SCCCN2CCC3(C[C@@H]3c3ccc(C(F)(F)F)nc3)C2)nnc1C1CCOCC1. The Kier molecular flexibility index (Phi) is 6.43. The maximum atomic E-state index is 12.8. The minimum absolute atomic E-state index is 0.233. The lowest BCUT2D eigenvalue weighted by atomic mass is 9.99. The Bertz CT molecular complexity index is 960. The monoisotopic (exact) mass is 481 g/mol. The fourth-order valence-electron chi connectivity index (χ4n) is 5.44. The van der Waals surface area contributed by atoms with Gasteiger partial charge in [0.2, 0.25) is 0 Å². The minimum atomic E-state index is -4.38. The number of pyridine rings is 1. The van der Waals surface area contributed by atoms with E-state index in [0.29, 0.717) is 11.8 Å². The number of likely N-dealkylation sites (tertiary alicyclic amines) is 1. The first-order valence-corrected chi connectivity index (χ1v) is 12.7. The molecule has 2 aromatic rings. The van der Waals surface area contributed by atoms with E-state index in [0.717, 1.165) is 93.3 Å². The van der Waals surface area contributed by atoms with Crippen LogP contribution >= 0.6 is 11.8 Å². The number of hydrogen-bond acceptors (Lipinski definition) is 6. The predicted octanol–water partition coefficient (Wildman–Crippen LogP) is 4.48. The van der Waals surface area contributed by atoms with Crippen LogP contribution in [0, 0.1) is 5.41 Å². The molecule has 0 amide bonds. The molecule has 10 heteroatoms. The van der Waals surface area contributed by atoms with E-state index in [-0.39, 0.29) is 5.41 Å². The van der Waals surface area contributed by atoms with E-state index in [1.54, 1.807) is 17.8 Å². The van der Waals surface area contributed by atoms with Gasteiger partial charge in [-0.05, 0) is 68.2 Å². The average Bonchev–Trinajstić information content (AvgIpc) is 3.15. The van der Waals surface area contributed by atoms with Gasteiger partial charge in [0.05, 0.1) is 0 Å². The van der Waals surface area contributed by atoms with Crippen LogP contribution in [0.25, 0.3) is 0 Å². The molecular weight excluding hydrogens is 451 g/mol. The van der Waals surface area contributed by atoms with Gasteiger partial charge in [-0.1, -0.05) is 17.8 Å². The molecular formula is C23H30F3N5OS. The summed E-state index contributed by atoms with van der Waals surface area (Å²) in [5.74, 6) is 2.85. The molecule has 3 fully saturated rings. The third-order valence-electron chi connectivity index (χ3n) is 7.44. The molecule has 1 unspecified atom stereocenters. The number of ether oxygens (including phenoxy) is 1. The molecule has 0 bridgehead atoms. The molecule has 4 heterocycles. The highest BCUT2D eigenvalue weighted by atomic mass is 32.2. The Balaban J connectivity index is 1.06. The molecule has 2 aliphatic heterocycles. The normalized spacial score (nSPS) is 26.4. The molecule has 0 N–H and O–H groups in total. The molecule has 0 radical (unpaired) electrons. The zero-order chi connectivity index (χ0) is 23.1. The third-order valence-corrected chi connectivity index (χ3v) is 8.54. The summed E-state index contributed by atoms with van der Waals surface area (Å²) >= 11 is 1.76. The van der Waals surface area contributed by atoms with E-state index < -0.39 is 11.9 Å². The van der Waals surface area contributed by atoms with Gasteiger partial charge in [-0.3, -0.25) is 4.98 Å². The average molecular weight is 482 g/mol. The van der Waals surface area contributed by atoms with Gasteiger partial charge in [0.25, 0.3) is 0 Å². The summed E-state index contributed by atoms with van der Waals surface area (Å²) in [5, 5.41) is 9.82. The van der Waals surface area contributed by atoms with E-state index in [4.69, 9.17) is 4.74 Å². The fourth-order valence-corrected chi connectivity index (χ4v) is 6.28. The van der Waals surface area contributed by atoms with Crippen LogP contribution in [-0.2, 0) is 18.0 Å². The maximum absolute atomic E-state index is 12.8. The number of hydrogen-bond donors (Lipinski definition) is 0. The van der Waals surface area contributed by atoms with Crippen molar-refractivity contribution in [3.63, 3.8) is 0 Å². The van der Waals surface area contributed by atoms with Crippen LogP contribution in [-0.4, -0.2) is 63.2 Å². The Labute approximate surface area is 196 Å². The molecule has 1 aliphatic carbocycles. The van der Waals surface area contributed by atoms with Gasteiger partial charge < -0.3 is 14.2 Å². The van der Waals surface area contributed by atoms with Crippen molar-refractivity contribution in [1.29, 1.82) is 0 Å². The second-order valence-corrected chi connectivity index (χ2v) is 10.7. The lowest BCUT2D eigenvalue weighted by Crippen LogP contribution is -2.23. The highest BCUT2D eigenvalue weighted by Gasteiger charge is 2.57. The number of halogens is 3. The summed E-state index contributed by atoms with van der Waals surface area (Å²) in [6.07, 6.45) is 2.32. The van der Waals surface area contributed by atoms with E-state index in [1.165, 1.54) is 6.20 Å². The van der Waals surface area contributed by atoms with Crippen molar-refractivity contribution in [2.24, 2.45) is 12.5 Å². The standard InChI is InChI=1S/C23H30F3N5OS/c1-30-20(16-5-10-32-11-6-16)28-29-21(30)33-12-2-8-31-9-7-22(15-31)13-18(22)17-3-4-19(27-14-17)23(24,25)26/h3-4,14,16,18H,2,5-13,15H2,1H3/t18-,22?/m1/s1. The summed E-state index contributed by atoms with van der Waals surface area (Å²) in [6, 6.07) is 2.73. The first kappa shape index (κ1) is 23.1. The molecule has 180 valence electrons. The lowest BCUT2D eigenvalue weighted by molar-refractivity contribution is -0.141. The van der Waals surface area contributed by atoms with Gasteiger partial charge in [0.1, 0.15) is 11.5 Å². The van der Waals surface area contributed by atoms with E-state index in [2.05, 4.69) is 31.7 Å². The second kappa shape index (κ2) is 9.19. The molecule has 3 aliphatic rings. The Hall–Kier alpha value is -1.65. The Morgan fingerprint density at radius 2 is 2.03 bits per heavy atom. The van der Waals surface area contributed by atoms with Crippen LogP contribution in [0.2, 0.25) is 0 Å². The van der Waals surface area contributed by atoms with Crippen molar-refractivity contribution in [3.05, 3.63) is 35.4 Å². The van der Waals surface area contributed by atoms with Crippen LogP contribution in [0.3, 0.4) is 0 Å². The second-order valence-electron chi connectivity index (χ2n) is 9.61. The fraction of sp³-hybridized carbons (Fsp3) is 0.696. The van der Waals surface area contributed by atoms with Crippen LogP contribution < -0.4 is 0 Å². The number of rotatable bonds is 7. The molecule has 2 saturated heterocycles. The van der Waals surface area contributed by atoms with Gasteiger partial charge in [-0.25, -0.2) is 0 Å². The molecule has 6 nitrogen and oxygen atoms in total. The maximum Gasteiger partial charge on any atom is 0.433 e. The molecule has 2 atom stereocenters. The summed E-state index contributed by atoms with van der Waals surface area (Å²) in [6.45, 7) is 4.73. The molecule has 1 spiro atoms. The van der Waals surface area contributed by atoms with Gasteiger partial charge in [-0.15, -0.1) is 10.2 Å². The van der Waals surface area contributed by atoms with E-state index in [9.17, 15) is 13.2 Å². The van der Waals surface area contributed by atoms with Gasteiger partial charge in [0, 0.05) is 44.7 Å². The van der Waals surface area contributed by atoms with Crippen molar-refractivity contribution in [2.45, 2.75) is 55.3 Å². The number of alkyl halides is 3. The first-order chi connectivity index (χ1) is 15.9. The van der Waals surface area contributed by atoms with Crippen LogP contribution in [0.5, 0.6) is 0 Å². The van der Waals surface area contributed by atoms with E-state index in [1.807, 2.05) is 0 Å². The lowest BCUT2D eigenvalue weighted by Gasteiger charge is -2.21. The highest BCUT2D eigenvalue weighted by molar-refractivity contribution is 7.99. The summed E-state index contributed by atoms with van der Waals surface area (Å²) in [4.78, 5) is 6.15. The number of aromatic nitrogens is 4. The van der Waals surface area contributed by atoms with Gasteiger partial charge in [0.15, 0.2) is 5.16 Å². The quantitative estimate of drug-likeness (QED) is 0.429. The molecule has 1 saturated carbocycles. The Morgan fingerprint density at radius 1 is 1.21 bits per heavy atom. The molecule has 33 heavy (non-hydrogen) atoms. The van der Waals surface area contributed by atoms with E-state index >= 15 is 0 Å². The highest BCUT2D eigenvalue weighted by Crippen LogP contribution is 2.64. The van der Waals surface area contributed by atoms with Crippen molar-refractivity contribution < 1.29 is 17.9 Å². The zero-order valence-corrected chi connectivity index (χ0v) is 19.7. The van der Waals surface area contributed by atoms with Crippen molar-refractivity contribution in [1.82, 2.24) is 24.6 Å². The zero-order valence-electron chi connectivity index (χ0n) is 18.9. The number of thioether (sulfide) groups is 1. The van der Waals surface area contributed by atoms with Crippen LogP contribution in [0.1, 0.15) is 61.0 Å². The summed E-state index contributed by atoms with van der Waals surface area (Å²) in [7, 11) is 2.06. The van der Waals surface area contributed by atoms with Gasteiger partial charge in [-0.2, -0.15) is 13.2 Å². The molecule has 0 aromatic carbocycles. The van der Waals surface area contributed by atoms with Crippen molar-refractivity contribution >= 4 is 11.8 Å². The summed E-state index contributed by atoms with van der Waals surface area (Å²) < 4.78 is 45.9. The number of nitrogens with zero attached hydrogens (tertiary/aromatic N) is 5. The predicted molar refractivity (Wildman–Crippen MR) is 119 cm³/mol. The largest absolute Gasteiger partial charge is 0.433 e.